The van der Waals surface area contributed by atoms with Gasteiger partial charge in [-0.3, -0.25) is 4.79 Å². The Kier molecular flexibility index (Phi) is 4.51. The van der Waals surface area contributed by atoms with Gasteiger partial charge in [0.25, 0.3) is 5.91 Å². The first-order valence-corrected chi connectivity index (χ1v) is 9.27. The van der Waals surface area contributed by atoms with E-state index in [1.165, 1.54) is 24.1 Å². The number of methoxy groups -OCH3 is 1. The van der Waals surface area contributed by atoms with Crippen LogP contribution < -0.4 is 4.74 Å². The fourth-order valence-electron chi connectivity index (χ4n) is 2.53. The highest BCUT2D eigenvalue weighted by Gasteiger charge is 2.40. The second kappa shape index (κ2) is 6.45. The van der Waals surface area contributed by atoms with Crippen LogP contribution in [-0.4, -0.2) is 44.7 Å². The number of likely N-dealkylation sites (tertiary alicyclic amines) is 1. The van der Waals surface area contributed by atoms with Crippen molar-refractivity contribution in [2.75, 3.05) is 20.2 Å². The predicted octanol–water partition coefficient (Wildman–Crippen LogP) is 2.65. The topological polar surface area (TPSA) is 63.7 Å². The van der Waals surface area contributed by atoms with Gasteiger partial charge in [0.2, 0.25) is 0 Å². The summed E-state index contributed by atoms with van der Waals surface area (Å²) in [6, 6.07) is 12.8. The molecule has 126 valence electrons. The summed E-state index contributed by atoms with van der Waals surface area (Å²) in [4.78, 5) is 14.1. The number of amides is 1. The summed E-state index contributed by atoms with van der Waals surface area (Å²) in [5, 5.41) is -0.0303. The highest BCUT2D eigenvalue weighted by molar-refractivity contribution is 7.92. The van der Waals surface area contributed by atoms with E-state index < -0.39 is 15.1 Å². The average molecular weight is 366 g/mol. The molecule has 1 saturated heterocycles. The van der Waals surface area contributed by atoms with Crippen molar-refractivity contribution in [1.29, 1.82) is 0 Å². The van der Waals surface area contributed by atoms with Gasteiger partial charge in [-0.1, -0.05) is 11.6 Å². The van der Waals surface area contributed by atoms with E-state index in [0.29, 0.717) is 16.3 Å². The van der Waals surface area contributed by atoms with Crippen molar-refractivity contribution in [3.05, 3.63) is 59.1 Å². The van der Waals surface area contributed by atoms with E-state index in [2.05, 4.69) is 0 Å². The lowest BCUT2D eigenvalue weighted by molar-refractivity contribution is 0.0659. The molecular formula is C17H16ClNO4S. The van der Waals surface area contributed by atoms with E-state index >= 15 is 0 Å². The molecule has 0 aliphatic carbocycles. The van der Waals surface area contributed by atoms with E-state index in [1.54, 1.807) is 36.4 Å². The molecule has 1 amide bonds. The van der Waals surface area contributed by atoms with E-state index in [1.807, 2.05) is 0 Å². The number of carbonyl (C=O) groups is 1. The SMILES string of the molecule is COc1ccc(S(=O)(=O)C2CN(C(=O)c3ccc(Cl)cc3)C2)cc1. The van der Waals surface area contributed by atoms with Crippen molar-refractivity contribution in [2.24, 2.45) is 0 Å². The van der Waals surface area contributed by atoms with Crippen LogP contribution in [0.3, 0.4) is 0 Å². The van der Waals surface area contributed by atoms with Crippen molar-refractivity contribution >= 4 is 27.3 Å². The number of sulfone groups is 1. The van der Waals surface area contributed by atoms with E-state index in [4.69, 9.17) is 16.3 Å². The summed E-state index contributed by atoms with van der Waals surface area (Å²) in [6.45, 7) is 0.381. The molecule has 0 aromatic heterocycles. The Bertz CT molecular complexity index is 841. The van der Waals surface area contributed by atoms with E-state index in [-0.39, 0.29) is 23.9 Å². The first kappa shape index (κ1) is 16.8. The number of benzene rings is 2. The van der Waals surface area contributed by atoms with E-state index in [0.717, 1.165) is 0 Å². The number of carbonyl (C=O) groups excluding carboxylic acids is 1. The van der Waals surface area contributed by atoms with Gasteiger partial charge in [-0.25, -0.2) is 8.42 Å². The lowest BCUT2D eigenvalue weighted by atomic mass is 10.1. The number of nitrogens with zero attached hydrogens (tertiary/aromatic N) is 1. The van der Waals surface area contributed by atoms with Gasteiger partial charge in [-0.2, -0.15) is 0 Å². The first-order chi connectivity index (χ1) is 11.4. The molecule has 1 heterocycles. The zero-order valence-corrected chi connectivity index (χ0v) is 14.5. The molecule has 24 heavy (non-hydrogen) atoms. The summed E-state index contributed by atoms with van der Waals surface area (Å²) < 4.78 is 30.2. The van der Waals surface area contributed by atoms with Crippen molar-refractivity contribution in [1.82, 2.24) is 4.90 Å². The summed E-state index contributed by atoms with van der Waals surface area (Å²) in [7, 11) is -1.93. The quantitative estimate of drug-likeness (QED) is 0.835. The number of hydrogen-bond acceptors (Lipinski definition) is 4. The Balaban J connectivity index is 1.68. The van der Waals surface area contributed by atoms with Crippen LogP contribution in [0.2, 0.25) is 5.02 Å². The van der Waals surface area contributed by atoms with Crippen LogP contribution in [0.25, 0.3) is 0 Å². The minimum absolute atomic E-state index is 0.187. The Morgan fingerprint density at radius 1 is 1.08 bits per heavy atom. The number of rotatable bonds is 4. The standard InChI is InChI=1S/C17H16ClNO4S/c1-23-14-6-8-15(9-7-14)24(21,22)16-10-19(11-16)17(20)12-2-4-13(18)5-3-12/h2-9,16H,10-11H2,1H3. The summed E-state index contributed by atoms with van der Waals surface area (Å²) in [5.41, 5.74) is 0.500. The minimum Gasteiger partial charge on any atom is -0.497 e. The van der Waals surface area contributed by atoms with Gasteiger partial charge >= 0.3 is 0 Å². The van der Waals surface area contributed by atoms with Crippen LogP contribution in [0.5, 0.6) is 5.75 Å². The zero-order chi connectivity index (χ0) is 17.3. The molecule has 0 radical (unpaired) electrons. The maximum atomic E-state index is 12.6. The van der Waals surface area contributed by atoms with Crippen molar-refractivity contribution in [2.45, 2.75) is 10.1 Å². The molecule has 1 aliphatic rings. The summed E-state index contributed by atoms with van der Waals surface area (Å²) in [6.07, 6.45) is 0. The molecular weight excluding hydrogens is 350 g/mol. The lowest BCUT2D eigenvalue weighted by Crippen LogP contribution is -2.56. The predicted molar refractivity (Wildman–Crippen MR) is 91.3 cm³/mol. The third kappa shape index (κ3) is 3.12. The Morgan fingerprint density at radius 2 is 1.67 bits per heavy atom. The average Bonchev–Trinajstić information content (AvgIpc) is 2.54. The molecule has 2 aromatic carbocycles. The maximum Gasteiger partial charge on any atom is 0.253 e. The third-order valence-corrected chi connectivity index (χ3v) is 6.41. The first-order valence-electron chi connectivity index (χ1n) is 7.34. The normalized spacial score (nSPS) is 15.0. The molecule has 0 atom stereocenters. The van der Waals surface area contributed by atoms with Gasteiger partial charge in [-0.05, 0) is 48.5 Å². The Hall–Kier alpha value is -2.05. The fraction of sp³-hybridized carbons (Fsp3) is 0.235. The largest absolute Gasteiger partial charge is 0.497 e. The lowest BCUT2D eigenvalue weighted by Gasteiger charge is -2.38. The van der Waals surface area contributed by atoms with Gasteiger partial charge in [0.15, 0.2) is 9.84 Å². The minimum atomic E-state index is -3.45. The van der Waals surface area contributed by atoms with Gasteiger partial charge in [0.1, 0.15) is 11.0 Å². The van der Waals surface area contributed by atoms with Crippen LogP contribution in [0.4, 0.5) is 0 Å². The monoisotopic (exact) mass is 365 g/mol. The Morgan fingerprint density at radius 3 is 2.21 bits per heavy atom. The molecule has 0 N–H and O–H groups in total. The van der Waals surface area contributed by atoms with Crippen molar-refractivity contribution in [3.8, 4) is 5.75 Å². The molecule has 1 aliphatic heterocycles. The summed E-state index contributed by atoms with van der Waals surface area (Å²) in [5.74, 6) is 0.412. The molecule has 0 spiro atoms. The van der Waals surface area contributed by atoms with Crippen molar-refractivity contribution < 1.29 is 17.9 Å². The van der Waals surface area contributed by atoms with Crippen LogP contribution in [0.15, 0.2) is 53.4 Å². The van der Waals surface area contributed by atoms with Gasteiger partial charge < -0.3 is 9.64 Å². The summed E-state index contributed by atoms with van der Waals surface area (Å²) >= 11 is 5.80. The van der Waals surface area contributed by atoms with E-state index in [9.17, 15) is 13.2 Å². The molecule has 0 bridgehead atoms. The maximum absolute atomic E-state index is 12.6. The molecule has 0 saturated carbocycles. The van der Waals surface area contributed by atoms with Crippen LogP contribution in [-0.2, 0) is 9.84 Å². The second-order valence-electron chi connectivity index (χ2n) is 5.56. The van der Waals surface area contributed by atoms with Crippen LogP contribution in [0, 0.1) is 0 Å². The van der Waals surface area contributed by atoms with Gasteiger partial charge in [0.05, 0.1) is 12.0 Å². The third-order valence-electron chi connectivity index (χ3n) is 4.05. The highest BCUT2D eigenvalue weighted by atomic mass is 35.5. The second-order valence-corrected chi connectivity index (χ2v) is 8.22. The molecule has 3 rings (SSSR count). The Labute approximate surface area is 145 Å². The molecule has 2 aromatic rings. The zero-order valence-electron chi connectivity index (χ0n) is 13.0. The fourth-order valence-corrected chi connectivity index (χ4v) is 4.31. The highest BCUT2D eigenvalue weighted by Crippen LogP contribution is 2.26. The van der Waals surface area contributed by atoms with Gasteiger partial charge in [0, 0.05) is 23.7 Å². The van der Waals surface area contributed by atoms with Crippen LogP contribution in [0.1, 0.15) is 10.4 Å². The number of ether oxygens (including phenoxy) is 1. The van der Waals surface area contributed by atoms with Gasteiger partial charge in [-0.15, -0.1) is 0 Å². The molecule has 1 fully saturated rings. The smallest absolute Gasteiger partial charge is 0.253 e. The molecule has 7 heteroatoms. The molecule has 0 unspecified atom stereocenters. The number of hydrogen-bond donors (Lipinski definition) is 0. The number of halogens is 1. The molecule has 5 nitrogen and oxygen atoms in total. The van der Waals surface area contributed by atoms with Crippen molar-refractivity contribution in [3.63, 3.8) is 0 Å². The van der Waals surface area contributed by atoms with Crippen LogP contribution >= 0.6 is 11.6 Å².